The fraction of sp³-hybridized carbons (Fsp3) is 0.0175. The van der Waals surface area contributed by atoms with Gasteiger partial charge in [-0.25, -0.2) is 78.0 Å². The number of anilines is 1. The van der Waals surface area contributed by atoms with Crippen LogP contribution in [-0.2, 0) is 4.79 Å². The summed E-state index contributed by atoms with van der Waals surface area (Å²) in [7, 11) is 0. The molecule has 0 bridgehead atoms. The summed E-state index contributed by atoms with van der Waals surface area (Å²) in [6.07, 6.45) is 26.6. The van der Waals surface area contributed by atoms with Crippen LogP contribution in [0.5, 0.6) is 0 Å². The molecule has 0 saturated carbocycles. The number of hydrogen-bond acceptors (Lipinski definition) is 23. The van der Waals surface area contributed by atoms with Gasteiger partial charge in [0, 0.05) is 104 Å². The number of carbonyl (C=O) groups is 9. The van der Waals surface area contributed by atoms with Crippen molar-refractivity contribution in [3.05, 3.63) is 259 Å². The molecular weight excluding hydrogens is 1170 g/mol. The van der Waals surface area contributed by atoms with Crippen LogP contribution in [0.15, 0.2) is 202 Å². The molecule has 0 aliphatic carbocycles. The molecule has 0 aliphatic rings. The van der Waals surface area contributed by atoms with E-state index in [9.17, 15) is 43.2 Å². The summed E-state index contributed by atoms with van der Waals surface area (Å²) in [5.74, 6) is -9.31. The van der Waals surface area contributed by atoms with Gasteiger partial charge in [-0.05, 0) is 85.3 Å². The van der Waals surface area contributed by atoms with Crippen molar-refractivity contribution in [1.82, 2.24) is 64.8 Å². The first kappa shape index (κ1) is 71.4. The molecule has 9 aromatic heterocycles. The zero-order valence-corrected chi connectivity index (χ0v) is 45.7. The van der Waals surface area contributed by atoms with Crippen LogP contribution in [0.4, 0.5) is 5.82 Å². The summed E-state index contributed by atoms with van der Waals surface area (Å²) >= 11 is 0. The molecule has 1 aromatic carbocycles. The largest absolute Gasteiger partial charge is 0.478 e. The van der Waals surface area contributed by atoms with Crippen LogP contribution in [0, 0.1) is 6.92 Å². The average Bonchev–Trinajstić information content (AvgIpc) is 2.23. The van der Waals surface area contributed by atoms with Gasteiger partial charge in [0.2, 0.25) is 5.82 Å². The van der Waals surface area contributed by atoms with E-state index in [-0.39, 0.29) is 45.5 Å². The number of aryl methyl sites for hydroxylation is 1. The molecule has 10 aromatic rings. The van der Waals surface area contributed by atoms with Gasteiger partial charge in [-0.15, -0.1) is 0 Å². The minimum atomic E-state index is -1.16. The van der Waals surface area contributed by atoms with Crippen LogP contribution < -0.4 is 5.73 Å². The Morgan fingerprint density at radius 3 is 1.37 bits per heavy atom. The van der Waals surface area contributed by atoms with Crippen molar-refractivity contribution < 1.29 is 89.1 Å². The molecule has 0 aliphatic heterocycles. The number of nitrogens with two attached hydrogens (primary N) is 1. The summed E-state index contributed by atoms with van der Waals surface area (Å²) in [5.41, 5.74) is 7.99. The number of aliphatic carboxylic acids is 1. The highest BCUT2D eigenvalue weighted by Gasteiger charge is 2.09. The van der Waals surface area contributed by atoms with Crippen LogP contribution >= 0.6 is 0 Å². The number of carboxylic acids is 9. The van der Waals surface area contributed by atoms with E-state index in [1.165, 1.54) is 117 Å². The van der Waals surface area contributed by atoms with Gasteiger partial charge in [-0.1, -0.05) is 24.3 Å². The van der Waals surface area contributed by atoms with Crippen LogP contribution in [0.25, 0.3) is 17.0 Å². The third-order valence-electron chi connectivity index (χ3n) is 9.17. The van der Waals surface area contributed by atoms with Gasteiger partial charge in [-0.3, -0.25) is 29.9 Å². The van der Waals surface area contributed by atoms with Crippen LogP contribution in [0.3, 0.4) is 0 Å². The molecule has 32 heteroatoms. The lowest BCUT2D eigenvalue weighted by molar-refractivity contribution is -0.131. The minimum absolute atomic E-state index is 0.0226. The van der Waals surface area contributed by atoms with Gasteiger partial charge >= 0.3 is 53.7 Å². The van der Waals surface area contributed by atoms with E-state index in [4.69, 9.17) is 51.7 Å². The Kier molecular flexibility index (Phi) is 32.5. The number of rotatable bonds is 10. The quantitative estimate of drug-likeness (QED) is 0.0697. The molecule has 11 N–H and O–H groups in total. The third-order valence-corrected chi connectivity index (χ3v) is 9.17. The molecule has 0 spiro atoms. The number of fused-ring (bicyclic) bond motifs is 1. The van der Waals surface area contributed by atoms with Gasteiger partial charge in [0.25, 0.3) is 0 Å². The summed E-state index contributed by atoms with van der Waals surface area (Å²) in [4.78, 5) is 139. The molecular formula is C57H48N14O18. The Bertz CT molecular complexity index is 3580. The Morgan fingerprint density at radius 2 is 0.944 bits per heavy atom. The highest BCUT2D eigenvalue weighted by Crippen LogP contribution is 2.16. The highest BCUT2D eigenvalue weighted by atomic mass is 16.4. The maximum Gasteiger partial charge on any atom is 0.373 e. The van der Waals surface area contributed by atoms with Gasteiger partial charge < -0.3 is 51.7 Å². The number of carboxylic acid groups (broad SMARTS) is 9. The van der Waals surface area contributed by atoms with Crippen molar-refractivity contribution in [1.29, 1.82) is 0 Å². The molecule has 0 atom stereocenters. The average molecular weight is 1220 g/mol. The molecule has 32 nitrogen and oxygen atoms in total. The van der Waals surface area contributed by atoms with E-state index in [0.717, 1.165) is 11.6 Å². The van der Waals surface area contributed by atoms with Gasteiger partial charge in [0.15, 0.2) is 22.9 Å². The Labute approximate surface area is 500 Å². The summed E-state index contributed by atoms with van der Waals surface area (Å²) < 4.78 is 0. The first-order chi connectivity index (χ1) is 42.5. The van der Waals surface area contributed by atoms with Crippen molar-refractivity contribution in [2.45, 2.75) is 6.92 Å². The fourth-order valence-corrected chi connectivity index (χ4v) is 5.24. The smallest absolute Gasteiger partial charge is 0.373 e. The van der Waals surface area contributed by atoms with E-state index < -0.39 is 53.7 Å². The number of hydrogen-bond donors (Lipinski definition) is 10. The summed E-state index contributed by atoms with van der Waals surface area (Å²) in [6.45, 7) is 1.75. The van der Waals surface area contributed by atoms with Gasteiger partial charge in [-0.2, -0.15) is 0 Å². The van der Waals surface area contributed by atoms with Crippen LogP contribution in [-0.4, -0.2) is 164 Å². The zero-order valence-electron chi connectivity index (χ0n) is 45.7. The van der Waals surface area contributed by atoms with Crippen molar-refractivity contribution in [2.24, 2.45) is 0 Å². The lowest BCUT2D eigenvalue weighted by Crippen LogP contribution is -2.06. The van der Waals surface area contributed by atoms with Gasteiger partial charge in [0.05, 0.1) is 40.3 Å². The first-order valence-electron chi connectivity index (χ1n) is 24.1. The standard InChI is InChI=1S/C10H7NO2.C8H7NO2.C6H6N2O2.3C6H5NO2.C5H5N3O2.2C5H4N2O2/c12-10(13)8-3-1-5-9-7(8)4-2-6-11-9;10-8(11)4-3-7-2-1-5-9-6-7;1-4-2-8-5(3-7-4)6(9)10;8-6(9)5-1-3-7-4-2-5;8-6(9)5-2-1-3-7-4-5;8-6(9)5-3-1-2-4-7-5;6-4-3(5(9)10)7-1-2-8-4;8-5(9)4-3-6-1-2-7-4;8-5(9)4-6-2-1-3-7-4/h1-6H,(H,12,13);1-6H,(H,10,11);2-3H,1H3,(H,9,10);3*1-4H,(H,8,9);1-2H,(H2,6,8)(H,9,10);2*1-3H,(H,8,9)/b;4-3+;;;;;;;. The fourth-order valence-electron chi connectivity index (χ4n) is 5.24. The predicted molar refractivity (Wildman–Crippen MR) is 308 cm³/mol. The molecule has 0 fully saturated rings. The van der Waals surface area contributed by atoms with E-state index in [1.807, 2.05) is 0 Å². The number of pyridine rings is 5. The second-order valence-electron chi connectivity index (χ2n) is 15.5. The van der Waals surface area contributed by atoms with E-state index in [0.29, 0.717) is 22.2 Å². The summed E-state index contributed by atoms with van der Waals surface area (Å²) in [5, 5.41) is 76.1. The second-order valence-corrected chi connectivity index (χ2v) is 15.5. The molecule has 89 heavy (non-hydrogen) atoms. The maximum atomic E-state index is 10.8. The Hall–Kier alpha value is -13.7. The molecule has 0 saturated heterocycles. The maximum absolute atomic E-state index is 10.8. The summed E-state index contributed by atoms with van der Waals surface area (Å²) in [6, 6.07) is 24.4. The number of benzene rings is 1. The highest BCUT2D eigenvalue weighted by molar-refractivity contribution is 6.02. The van der Waals surface area contributed by atoms with E-state index in [1.54, 1.807) is 92.2 Å². The molecule has 0 radical (unpaired) electrons. The van der Waals surface area contributed by atoms with Crippen LogP contribution in [0.1, 0.15) is 94.9 Å². The molecule has 454 valence electrons. The monoisotopic (exact) mass is 1220 g/mol. The Balaban J connectivity index is 0.000000342. The predicted octanol–water partition coefficient (Wildman–Crippen LogP) is 6.04. The first-order valence-corrected chi connectivity index (χ1v) is 24.1. The van der Waals surface area contributed by atoms with Gasteiger partial charge in [0.1, 0.15) is 5.69 Å². The molecule has 0 unspecified atom stereocenters. The van der Waals surface area contributed by atoms with Crippen molar-refractivity contribution in [3.8, 4) is 0 Å². The molecule has 10 rings (SSSR count). The lowest BCUT2D eigenvalue weighted by Gasteiger charge is -1.99. The SMILES string of the molecule is Cc1cnc(C(=O)O)cn1.Nc1nccnc1C(=O)O.O=C(O)/C=C/c1cccnc1.O=C(O)c1cccc2ncccc12.O=C(O)c1ccccn1.O=C(O)c1cccnc1.O=C(O)c1ccncc1.O=C(O)c1cnccn1.O=C(O)c1ncccn1. The van der Waals surface area contributed by atoms with E-state index in [2.05, 4.69) is 64.8 Å². The van der Waals surface area contributed by atoms with Crippen molar-refractivity contribution in [3.63, 3.8) is 0 Å². The lowest BCUT2D eigenvalue weighted by atomic mass is 10.1. The number of nitrogen functional groups attached to an aromatic ring is 1. The number of aromatic carboxylic acids is 8. The third kappa shape index (κ3) is 30.3. The molecule has 0 amide bonds. The topological polar surface area (TPSA) is 529 Å². The second kappa shape index (κ2) is 40.5. The minimum Gasteiger partial charge on any atom is -0.478 e. The zero-order chi connectivity index (χ0) is 65.9. The van der Waals surface area contributed by atoms with E-state index >= 15 is 0 Å². The number of nitrogens with zero attached hydrogens (tertiary/aromatic N) is 13. The normalized spacial score (nSPS) is 9.31. The van der Waals surface area contributed by atoms with Crippen molar-refractivity contribution in [2.75, 3.05) is 5.73 Å². The molecule has 9 heterocycles. The van der Waals surface area contributed by atoms with Crippen molar-refractivity contribution >= 4 is 76.5 Å². The Morgan fingerprint density at radius 1 is 0.371 bits per heavy atom. The van der Waals surface area contributed by atoms with Crippen LogP contribution in [0.2, 0.25) is 0 Å². The number of aromatic nitrogens is 13.